The molecule has 2 aromatic rings. The molecule has 8 heteroatoms. The molecule has 1 heterocycles. The van der Waals surface area contributed by atoms with Crippen molar-refractivity contribution >= 4 is 37.8 Å². The molecule has 1 unspecified atom stereocenters. The van der Waals surface area contributed by atoms with Crippen molar-refractivity contribution in [3.8, 4) is 11.4 Å². The van der Waals surface area contributed by atoms with Gasteiger partial charge in [0, 0.05) is 14.5 Å². The highest BCUT2D eigenvalue weighted by Gasteiger charge is 2.25. The van der Waals surface area contributed by atoms with Gasteiger partial charge in [-0.2, -0.15) is 0 Å². The van der Waals surface area contributed by atoms with E-state index < -0.39 is 5.97 Å². The predicted octanol–water partition coefficient (Wildman–Crippen LogP) is 3.54. The van der Waals surface area contributed by atoms with E-state index in [9.17, 15) is 4.79 Å². The Kier molecular flexibility index (Phi) is 5.10. The number of aliphatic carboxylic acids is 1. The minimum absolute atomic E-state index is 0.0265. The molecule has 6 nitrogen and oxygen atoms in total. The molecule has 0 spiro atoms. The zero-order chi connectivity index (χ0) is 15.6. The molecule has 0 saturated carbocycles. The Hall–Kier alpha value is -1.28. The Morgan fingerprint density at radius 1 is 1.38 bits per heavy atom. The molecule has 0 radical (unpaired) electrons. The van der Waals surface area contributed by atoms with Gasteiger partial charge in [0.25, 0.3) is 0 Å². The minimum Gasteiger partial charge on any atom is -0.481 e. The Morgan fingerprint density at radius 3 is 2.71 bits per heavy atom. The lowest BCUT2D eigenvalue weighted by molar-refractivity contribution is -0.138. The van der Waals surface area contributed by atoms with Gasteiger partial charge in [0.05, 0.1) is 12.5 Å². The van der Waals surface area contributed by atoms with E-state index in [1.165, 1.54) is 0 Å². The van der Waals surface area contributed by atoms with Gasteiger partial charge >= 0.3 is 5.97 Å². The van der Waals surface area contributed by atoms with Gasteiger partial charge in [-0.3, -0.25) is 4.79 Å². The van der Waals surface area contributed by atoms with E-state index in [0.29, 0.717) is 5.82 Å². The molecule has 0 aliphatic heterocycles. The van der Waals surface area contributed by atoms with Crippen LogP contribution in [0.3, 0.4) is 0 Å². The normalized spacial score (nSPS) is 12.6. The summed E-state index contributed by atoms with van der Waals surface area (Å²) in [5.74, 6) is -0.235. The monoisotopic (exact) mass is 416 g/mol. The molecule has 0 fully saturated rings. The van der Waals surface area contributed by atoms with Crippen molar-refractivity contribution in [2.24, 2.45) is 5.92 Å². The summed E-state index contributed by atoms with van der Waals surface area (Å²) in [6, 6.07) is 5.38. The number of halogens is 2. The van der Waals surface area contributed by atoms with Crippen molar-refractivity contribution < 1.29 is 9.90 Å². The lowest BCUT2D eigenvalue weighted by Crippen LogP contribution is -2.21. The summed E-state index contributed by atoms with van der Waals surface area (Å²) < 4.78 is 3.33. The number of carboxylic acids is 1. The fourth-order valence-corrected chi connectivity index (χ4v) is 2.83. The molecular formula is C13H14Br2N4O2. The van der Waals surface area contributed by atoms with Gasteiger partial charge in [-0.15, -0.1) is 5.10 Å². The van der Waals surface area contributed by atoms with E-state index in [0.717, 1.165) is 14.5 Å². The average Bonchev–Trinajstić information content (AvgIpc) is 2.87. The van der Waals surface area contributed by atoms with E-state index in [-0.39, 0.29) is 18.4 Å². The van der Waals surface area contributed by atoms with E-state index in [2.05, 4.69) is 47.4 Å². The summed E-state index contributed by atoms with van der Waals surface area (Å²) in [5, 5.41) is 20.9. The first-order chi connectivity index (χ1) is 9.90. The first kappa shape index (κ1) is 16.1. The molecule has 0 aliphatic carbocycles. The maximum absolute atomic E-state index is 11.1. The summed E-state index contributed by atoms with van der Waals surface area (Å²) in [7, 11) is 0. The fourth-order valence-electron chi connectivity index (χ4n) is 2.05. The fraction of sp³-hybridized carbons (Fsp3) is 0.385. The Morgan fingerprint density at radius 2 is 2.10 bits per heavy atom. The number of carbonyl (C=O) groups is 1. The van der Waals surface area contributed by atoms with Gasteiger partial charge < -0.3 is 5.11 Å². The number of tetrazole rings is 1. The second-order valence-corrected chi connectivity index (χ2v) is 6.75. The smallest absolute Gasteiger partial charge is 0.305 e. The third kappa shape index (κ3) is 3.68. The number of hydrogen-bond donors (Lipinski definition) is 1. The highest BCUT2D eigenvalue weighted by molar-refractivity contribution is 9.11. The Balaban J connectivity index is 2.50. The van der Waals surface area contributed by atoms with E-state index in [4.69, 9.17) is 5.11 Å². The molecule has 0 amide bonds. The van der Waals surface area contributed by atoms with Crippen LogP contribution in [0.5, 0.6) is 0 Å². The summed E-state index contributed by atoms with van der Waals surface area (Å²) >= 11 is 6.90. The number of benzene rings is 1. The molecule has 1 atom stereocenters. The van der Waals surface area contributed by atoms with Gasteiger partial charge in [0.2, 0.25) is 0 Å². The molecule has 1 aromatic carbocycles. The number of aromatic nitrogens is 4. The second-order valence-electron chi connectivity index (χ2n) is 4.98. The zero-order valence-electron chi connectivity index (χ0n) is 11.5. The summed E-state index contributed by atoms with van der Waals surface area (Å²) in [6.07, 6.45) is -0.0265. The van der Waals surface area contributed by atoms with Crippen molar-refractivity contribution in [3.05, 3.63) is 27.1 Å². The predicted molar refractivity (Wildman–Crippen MR) is 84.8 cm³/mol. The molecule has 1 N–H and O–H groups in total. The van der Waals surface area contributed by atoms with E-state index in [1.807, 2.05) is 32.0 Å². The van der Waals surface area contributed by atoms with Crippen LogP contribution in [0.4, 0.5) is 0 Å². The maximum Gasteiger partial charge on any atom is 0.305 e. The number of nitrogens with zero attached hydrogens (tertiary/aromatic N) is 4. The van der Waals surface area contributed by atoms with Gasteiger partial charge in [0.15, 0.2) is 5.82 Å². The van der Waals surface area contributed by atoms with Crippen LogP contribution in [0, 0.1) is 5.92 Å². The van der Waals surface area contributed by atoms with Crippen molar-refractivity contribution in [3.63, 3.8) is 0 Å². The van der Waals surface area contributed by atoms with Crippen molar-refractivity contribution in [2.75, 3.05) is 0 Å². The average molecular weight is 418 g/mol. The van der Waals surface area contributed by atoms with Crippen LogP contribution in [0.15, 0.2) is 27.1 Å². The maximum atomic E-state index is 11.1. The van der Waals surface area contributed by atoms with Crippen molar-refractivity contribution in [1.29, 1.82) is 0 Å². The molecule has 0 bridgehead atoms. The lowest BCUT2D eigenvalue weighted by atomic mass is 10.0. The summed E-state index contributed by atoms with van der Waals surface area (Å²) in [5.41, 5.74) is 0.811. The van der Waals surface area contributed by atoms with Crippen LogP contribution in [-0.2, 0) is 4.79 Å². The van der Waals surface area contributed by atoms with E-state index in [1.54, 1.807) is 4.68 Å². The molecule has 21 heavy (non-hydrogen) atoms. The number of rotatable bonds is 5. The standard InChI is InChI=1S/C13H14Br2N4O2/c1-7(2)11(6-12(20)21)19-13(16-17-18-19)9-5-8(14)3-4-10(9)15/h3-5,7,11H,6H2,1-2H3,(H,20,21). The zero-order valence-corrected chi connectivity index (χ0v) is 14.7. The third-order valence-electron chi connectivity index (χ3n) is 3.13. The van der Waals surface area contributed by atoms with Gasteiger partial charge in [0.1, 0.15) is 0 Å². The molecule has 0 aliphatic rings. The van der Waals surface area contributed by atoms with E-state index >= 15 is 0 Å². The molecular weight excluding hydrogens is 404 g/mol. The third-order valence-corrected chi connectivity index (χ3v) is 4.31. The van der Waals surface area contributed by atoms with Gasteiger partial charge in [-0.25, -0.2) is 4.68 Å². The molecule has 112 valence electrons. The van der Waals surface area contributed by atoms with Crippen LogP contribution in [-0.4, -0.2) is 31.3 Å². The highest BCUT2D eigenvalue weighted by Crippen LogP contribution is 2.32. The largest absolute Gasteiger partial charge is 0.481 e. The van der Waals surface area contributed by atoms with Crippen LogP contribution >= 0.6 is 31.9 Å². The Bertz CT molecular complexity index is 657. The van der Waals surface area contributed by atoms with Gasteiger partial charge in [-0.05, 0) is 34.5 Å². The summed E-state index contributed by atoms with van der Waals surface area (Å²) in [6.45, 7) is 3.91. The Labute approximate surface area is 138 Å². The number of hydrogen-bond acceptors (Lipinski definition) is 4. The quantitative estimate of drug-likeness (QED) is 0.804. The first-order valence-electron chi connectivity index (χ1n) is 6.35. The molecule has 0 saturated heterocycles. The highest BCUT2D eigenvalue weighted by atomic mass is 79.9. The topological polar surface area (TPSA) is 80.9 Å². The minimum atomic E-state index is -0.872. The molecule has 2 rings (SSSR count). The van der Waals surface area contributed by atoms with Crippen molar-refractivity contribution in [2.45, 2.75) is 26.3 Å². The SMILES string of the molecule is CC(C)C(CC(=O)O)n1nnnc1-c1cc(Br)ccc1Br. The molecule has 1 aromatic heterocycles. The van der Waals surface area contributed by atoms with Crippen LogP contribution in [0.2, 0.25) is 0 Å². The van der Waals surface area contributed by atoms with Gasteiger partial charge in [-0.1, -0.05) is 45.7 Å². The van der Waals surface area contributed by atoms with Crippen LogP contribution < -0.4 is 0 Å². The lowest BCUT2D eigenvalue weighted by Gasteiger charge is -2.20. The van der Waals surface area contributed by atoms with Crippen molar-refractivity contribution in [1.82, 2.24) is 20.2 Å². The van der Waals surface area contributed by atoms with Crippen LogP contribution in [0.1, 0.15) is 26.3 Å². The second kappa shape index (κ2) is 6.65. The van der Waals surface area contributed by atoms with Crippen LogP contribution in [0.25, 0.3) is 11.4 Å². The first-order valence-corrected chi connectivity index (χ1v) is 7.93. The summed E-state index contributed by atoms with van der Waals surface area (Å²) in [4.78, 5) is 11.1. The number of carboxylic acid groups (broad SMARTS) is 1.